The van der Waals surface area contributed by atoms with E-state index in [2.05, 4.69) is 22.8 Å². The summed E-state index contributed by atoms with van der Waals surface area (Å²) in [5.74, 6) is -0.626. The Morgan fingerprint density at radius 2 is 2.09 bits per heavy atom. The van der Waals surface area contributed by atoms with Crippen molar-refractivity contribution in [2.75, 3.05) is 13.1 Å². The van der Waals surface area contributed by atoms with Crippen LogP contribution in [0.25, 0.3) is 0 Å². The summed E-state index contributed by atoms with van der Waals surface area (Å²) >= 11 is 0. The first kappa shape index (κ1) is 17.4. The number of aryl methyl sites for hydroxylation is 1. The largest absolute Gasteiger partial charge is 0.350 e. The van der Waals surface area contributed by atoms with Crippen molar-refractivity contribution in [3.8, 4) is 0 Å². The van der Waals surface area contributed by atoms with Crippen LogP contribution in [0.5, 0.6) is 0 Å². The number of halogens is 2. The lowest BCUT2D eigenvalue weighted by molar-refractivity contribution is 0.0948. The molecule has 0 radical (unpaired) electrons. The van der Waals surface area contributed by atoms with Gasteiger partial charge >= 0.3 is 0 Å². The smallest absolute Gasteiger partial charge is 0.251 e. The van der Waals surface area contributed by atoms with Crippen molar-refractivity contribution in [3.63, 3.8) is 0 Å². The van der Waals surface area contributed by atoms with Gasteiger partial charge in [0, 0.05) is 18.2 Å². The second-order valence-corrected chi connectivity index (χ2v) is 5.68. The lowest BCUT2D eigenvalue weighted by Crippen LogP contribution is -2.38. The molecule has 0 saturated carbocycles. The fourth-order valence-electron chi connectivity index (χ4n) is 2.94. The van der Waals surface area contributed by atoms with Gasteiger partial charge in [-0.25, -0.2) is 4.39 Å². The van der Waals surface area contributed by atoms with Crippen LogP contribution in [0, 0.1) is 12.7 Å². The molecule has 1 amide bonds. The molecule has 23 heavy (non-hydrogen) atoms. The molecule has 1 aliphatic heterocycles. The van der Waals surface area contributed by atoms with Gasteiger partial charge in [0.05, 0.1) is 0 Å². The van der Waals surface area contributed by atoms with E-state index in [0.29, 0.717) is 12.1 Å². The monoisotopic (exact) mass is 334 g/mol. The standard InChI is InChI=1S/C18H19FN2O.ClH/c1-12-8-14(10-15(19)9-12)18(22)21-11-17-16-5-3-2-4-13(16)6-7-20-17;/h2-5,8-10,17,20H,6-7,11H2,1H3,(H,21,22);1H. The number of carbonyl (C=O) groups excluding carboxylic acids is 1. The van der Waals surface area contributed by atoms with E-state index in [0.717, 1.165) is 18.5 Å². The molecule has 0 saturated heterocycles. The van der Waals surface area contributed by atoms with Gasteiger partial charge in [0.15, 0.2) is 0 Å². The van der Waals surface area contributed by atoms with Gasteiger partial charge in [-0.1, -0.05) is 24.3 Å². The molecule has 2 aromatic rings. The minimum atomic E-state index is -0.383. The van der Waals surface area contributed by atoms with E-state index in [1.807, 2.05) is 12.1 Å². The predicted octanol–water partition coefficient (Wildman–Crippen LogP) is 3.17. The van der Waals surface area contributed by atoms with Crippen LogP contribution in [0.1, 0.15) is 33.1 Å². The zero-order valence-electron chi connectivity index (χ0n) is 12.9. The van der Waals surface area contributed by atoms with Crippen LogP contribution in [0.4, 0.5) is 4.39 Å². The highest BCUT2D eigenvalue weighted by Gasteiger charge is 2.19. The third-order valence-electron chi connectivity index (χ3n) is 3.99. The van der Waals surface area contributed by atoms with Crippen molar-refractivity contribution in [3.05, 3.63) is 70.5 Å². The molecule has 0 fully saturated rings. The van der Waals surface area contributed by atoms with Gasteiger partial charge in [-0.2, -0.15) is 0 Å². The normalized spacial score (nSPS) is 16.2. The SMILES string of the molecule is Cc1cc(F)cc(C(=O)NCC2NCCc3ccccc32)c1.Cl. The Bertz CT molecular complexity index is 685. The van der Waals surface area contributed by atoms with E-state index in [1.54, 1.807) is 13.0 Å². The maximum atomic E-state index is 13.4. The average Bonchev–Trinajstić information content (AvgIpc) is 2.51. The molecule has 3 rings (SSSR count). The molecule has 2 N–H and O–H groups in total. The Kier molecular flexibility index (Phi) is 5.74. The highest BCUT2D eigenvalue weighted by Crippen LogP contribution is 2.22. The fourth-order valence-corrected chi connectivity index (χ4v) is 2.94. The third kappa shape index (κ3) is 4.09. The summed E-state index contributed by atoms with van der Waals surface area (Å²) in [6, 6.07) is 12.7. The first-order chi connectivity index (χ1) is 10.6. The first-order valence-corrected chi connectivity index (χ1v) is 7.50. The molecule has 1 aliphatic rings. The maximum Gasteiger partial charge on any atom is 0.251 e. The Balaban J connectivity index is 0.00000192. The summed E-state index contributed by atoms with van der Waals surface area (Å²) in [5, 5.41) is 6.31. The molecule has 122 valence electrons. The number of carbonyl (C=O) groups is 1. The molecule has 1 atom stereocenters. The van der Waals surface area contributed by atoms with Gasteiger partial charge in [-0.05, 0) is 54.8 Å². The molecule has 0 bridgehead atoms. The fraction of sp³-hybridized carbons (Fsp3) is 0.278. The number of benzene rings is 2. The summed E-state index contributed by atoms with van der Waals surface area (Å²) in [7, 11) is 0. The van der Waals surface area contributed by atoms with Gasteiger partial charge in [0.2, 0.25) is 0 Å². The topological polar surface area (TPSA) is 41.1 Å². The molecule has 1 unspecified atom stereocenters. The van der Waals surface area contributed by atoms with Crippen LogP contribution in [-0.2, 0) is 6.42 Å². The van der Waals surface area contributed by atoms with E-state index >= 15 is 0 Å². The summed E-state index contributed by atoms with van der Waals surface area (Å²) in [6.45, 7) is 3.17. The van der Waals surface area contributed by atoms with Crippen molar-refractivity contribution < 1.29 is 9.18 Å². The number of fused-ring (bicyclic) bond motifs is 1. The molecule has 1 heterocycles. The molecule has 0 aliphatic carbocycles. The summed E-state index contributed by atoms with van der Waals surface area (Å²) in [5.41, 5.74) is 3.65. The van der Waals surface area contributed by atoms with E-state index in [1.165, 1.54) is 23.3 Å². The van der Waals surface area contributed by atoms with Crippen LogP contribution in [0.2, 0.25) is 0 Å². The Morgan fingerprint density at radius 1 is 1.30 bits per heavy atom. The number of hydrogen-bond acceptors (Lipinski definition) is 2. The minimum absolute atomic E-state index is 0. The summed E-state index contributed by atoms with van der Waals surface area (Å²) in [4.78, 5) is 12.2. The van der Waals surface area contributed by atoms with E-state index in [9.17, 15) is 9.18 Å². The summed E-state index contributed by atoms with van der Waals surface area (Å²) < 4.78 is 13.4. The van der Waals surface area contributed by atoms with Gasteiger partial charge in [-0.3, -0.25) is 4.79 Å². The molecular formula is C18H20ClFN2O. The van der Waals surface area contributed by atoms with Crippen molar-refractivity contribution in [2.24, 2.45) is 0 Å². The number of hydrogen-bond donors (Lipinski definition) is 2. The second-order valence-electron chi connectivity index (χ2n) is 5.68. The van der Waals surface area contributed by atoms with Crippen LogP contribution < -0.4 is 10.6 Å². The van der Waals surface area contributed by atoms with Crippen molar-refractivity contribution in [2.45, 2.75) is 19.4 Å². The number of amides is 1. The highest BCUT2D eigenvalue weighted by atomic mass is 35.5. The molecule has 5 heteroatoms. The predicted molar refractivity (Wildman–Crippen MR) is 91.6 cm³/mol. The van der Waals surface area contributed by atoms with Gasteiger partial charge in [0.1, 0.15) is 5.82 Å². The quantitative estimate of drug-likeness (QED) is 0.905. The zero-order valence-corrected chi connectivity index (χ0v) is 13.8. The molecular weight excluding hydrogens is 315 g/mol. The molecule has 3 nitrogen and oxygen atoms in total. The zero-order chi connectivity index (χ0) is 15.5. The Hall–Kier alpha value is -1.91. The lowest BCUT2D eigenvalue weighted by Gasteiger charge is -2.27. The van der Waals surface area contributed by atoms with Crippen molar-refractivity contribution in [1.29, 1.82) is 0 Å². The van der Waals surface area contributed by atoms with E-state index < -0.39 is 0 Å². The lowest BCUT2D eigenvalue weighted by atomic mass is 9.94. The van der Waals surface area contributed by atoms with E-state index in [4.69, 9.17) is 0 Å². The average molecular weight is 335 g/mol. The highest BCUT2D eigenvalue weighted by molar-refractivity contribution is 5.94. The number of rotatable bonds is 3. The van der Waals surface area contributed by atoms with Crippen LogP contribution >= 0.6 is 12.4 Å². The van der Waals surface area contributed by atoms with Gasteiger partial charge in [0.25, 0.3) is 5.91 Å². The molecule has 0 spiro atoms. The Morgan fingerprint density at radius 3 is 2.87 bits per heavy atom. The van der Waals surface area contributed by atoms with Crippen LogP contribution in [-0.4, -0.2) is 19.0 Å². The second kappa shape index (κ2) is 7.57. The number of nitrogens with one attached hydrogen (secondary N) is 2. The summed E-state index contributed by atoms with van der Waals surface area (Å²) in [6.07, 6.45) is 1.00. The van der Waals surface area contributed by atoms with Crippen LogP contribution in [0.3, 0.4) is 0 Å². The third-order valence-corrected chi connectivity index (χ3v) is 3.99. The van der Waals surface area contributed by atoms with Crippen molar-refractivity contribution >= 4 is 18.3 Å². The first-order valence-electron chi connectivity index (χ1n) is 7.50. The minimum Gasteiger partial charge on any atom is -0.350 e. The molecule has 0 aromatic heterocycles. The molecule has 2 aromatic carbocycles. The van der Waals surface area contributed by atoms with Gasteiger partial charge < -0.3 is 10.6 Å². The van der Waals surface area contributed by atoms with Crippen LogP contribution in [0.15, 0.2) is 42.5 Å². The Labute approximate surface area is 141 Å². The maximum absolute atomic E-state index is 13.4. The van der Waals surface area contributed by atoms with E-state index in [-0.39, 0.29) is 30.2 Å². The van der Waals surface area contributed by atoms with Crippen molar-refractivity contribution in [1.82, 2.24) is 10.6 Å². The van der Waals surface area contributed by atoms with Gasteiger partial charge in [-0.15, -0.1) is 12.4 Å².